The van der Waals surface area contributed by atoms with E-state index in [0.717, 1.165) is 57.8 Å². The molecule has 2 heterocycles. The maximum Gasteiger partial charge on any atom is 0.241 e. The van der Waals surface area contributed by atoms with Crippen molar-refractivity contribution in [3.8, 4) is 0 Å². The Balaban J connectivity index is 1.54. The van der Waals surface area contributed by atoms with Crippen LogP contribution in [-0.2, 0) is 6.42 Å². The van der Waals surface area contributed by atoms with Crippen LogP contribution in [0.5, 0.6) is 0 Å². The molecule has 26 heavy (non-hydrogen) atoms. The van der Waals surface area contributed by atoms with Crippen LogP contribution in [-0.4, -0.2) is 64.0 Å². The molecular weight excluding hydrogens is 328 g/mol. The van der Waals surface area contributed by atoms with Crippen molar-refractivity contribution in [2.24, 2.45) is 0 Å². The summed E-state index contributed by atoms with van der Waals surface area (Å²) >= 11 is 0. The molecule has 1 unspecified atom stereocenters. The first kappa shape index (κ1) is 18.7. The zero-order valence-corrected chi connectivity index (χ0v) is 15.6. The highest BCUT2D eigenvalue weighted by Gasteiger charge is 2.27. The quantitative estimate of drug-likeness (QED) is 0.663. The maximum absolute atomic E-state index is 9.24. The molecule has 0 bridgehead atoms. The van der Waals surface area contributed by atoms with Crippen LogP contribution in [0, 0.1) is 6.92 Å². The average Bonchev–Trinajstić information content (AvgIpc) is 3.08. The predicted octanol–water partition coefficient (Wildman–Crippen LogP) is 1.59. The molecule has 1 atom stereocenters. The van der Waals surface area contributed by atoms with E-state index in [9.17, 15) is 5.11 Å². The van der Waals surface area contributed by atoms with Gasteiger partial charge in [0.2, 0.25) is 11.9 Å². The number of rotatable bonds is 8. The molecule has 0 aliphatic carbocycles. The lowest BCUT2D eigenvalue weighted by Gasteiger charge is -2.41. The van der Waals surface area contributed by atoms with Crippen molar-refractivity contribution in [3.63, 3.8) is 0 Å². The van der Waals surface area contributed by atoms with Gasteiger partial charge in [-0.05, 0) is 44.7 Å². The monoisotopic (exact) mass is 358 g/mol. The van der Waals surface area contributed by atoms with Crippen LogP contribution in [0.1, 0.15) is 30.4 Å². The number of benzene rings is 1. The topological polar surface area (TPSA) is 94.3 Å². The molecule has 1 aromatic heterocycles. The molecule has 1 aromatic carbocycles. The van der Waals surface area contributed by atoms with Gasteiger partial charge in [-0.3, -0.25) is 4.90 Å². The molecule has 7 nitrogen and oxygen atoms in total. The van der Waals surface area contributed by atoms with Gasteiger partial charge < -0.3 is 15.7 Å². The Kier molecular flexibility index (Phi) is 6.46. The Morgan fingerprint density at radius 1 is 1.23 bits per heavy atom. The summed E-state index contributed by atoms with van der Waals surface area (Å²) in [5, 5.41) is 16.1. The highest BCUT2D eigenvalue weighted by molar-refractivity contribution is 5.34. The standard InChI is InChI=1S/C19H30N6O/c1-15-6-8-16(9-7-15)4-2-10-24-11-12-25(14-17(24)5-3-13-26)19-21-18(20)22-23-19/h6-9,17,26H,2-5,10-14H2,1H3,(H3,20,21,22,23). The summed E-state index contributed by atoms with van der Waals surface area (Å²) in [6.07, 6.45) is 4.06. The minimum Gasteiger partial charge on any atom is -0.396 e. The molecule has 2 aromatic rings. The van der Waals surface area contributed by atoms with Crippen molar-refractivity contribution in [1.82, 2.24) is 20.1 Å². The van der Waals surface area contributed by atoms with E-state index in [4.69, 9.17) is 5.73 Å². The number of nitrogen functional groups attached to an aromatic ring is 1. The van der Waals surface area contributed by atoms with Crippen LogP contribution < -0.4 is 10.6 Å². The van der Waals surface area contributed by atoms with E-state index in [1.807, 2.05) is 0 Å². The second-order valence-corrected chi connectivity index (χ2v) is 7.11. The Bertz CT molecular complexity index is 671. The zero-order chi connectivity index (χ0) is 18.4. The average molecular weight is 358 g/mol. The van der Waals surface area contributed by atoms with Gasteiger partial charge in [-0.1, -0.05) is 29.8 Å². The van der Waals surface area contributed by atoms with Crippen LogP contribution >= 0.6 is 0 Å². The molecule has 1 saturated heterocycles. The Labute approximate surface area is 155 Å². The van der Waals surface area contributed by atoms with Crippen LogP contribution in [0.4, 0.5) is 11.9 Å². The van der Waals surface area contributed by atoms with E-state index in [1.165, 1.54) is 11.1 Å². The van der Waals surface area contributed by atoms with Crippen LogP contribution in [0.2, 0.25) is 0 Å². The summed E-state index contributed by atoms with van der Waals surface area (Å²) < 4.78 is 0. The third kappa shape index (κ3) is 4.95. The van der Waals surface area contributed by atoms with Gasteiger partial charge in [-0.2, -0.15) is 4.98 Å². The van der Waals surface area contributed by atoms with E-state index in [0.29, 0.717) is 6.04 Å². The molecule has 4 N–H and O–H groups in total. The Morgan fingerprint density at radius 2 is 2.04 bits per heavy atom. The second-order valence-electron chi connectivity index (χ2n) is 7.11. The van der Waals surface area contributed by atoms with E-state index in [2.05, 4.69) is 56.2 Å². The summed E-state index contributed by atoms with van der Waals surface area (Å²) in [6, 6.07) is 9.23. The predicted molar refractivity (Wildman–Crippen MR) is 104 cm³/mol. The highest BCUT2D eigenvalue weighted by Crippen LogP contribution is 2.19. The van der Waals surface area contributed by atoms with Crippen molar-refractivity contribution in [2.75, 3.05) is 43.4 Å². The fourth-order valence-electron chi connectivity index (χ4n) is 3.63. The number of aryl methyl sites for hydroxylation is 2. The van der Waals surface area contributed by atoms with Crippen molar-refractivity contribution in [3.05, 3.63) is 35.4 Å². The summed E-state index contributed by atoms with van der Waals surface area (Å²) in [5.41, 5.74) is 8.34. The van der Waals surface area contributed by atoms with Gasteiger partial charge in [-0.25, -0.2) is 5.10 Å². The summed E-state index contributed by atoms with van der Waals surface area (Å²) in [7, 11) is 0. The second kappa shape index (κ2) is 9.00. The molecule has 142 valence electrons. The number of piperazine rings is 1. The van der Waals surface area contributed by atoms with Crippen LogP contribution in [0.3, 0.4) is 0 Å². The number of nitrogens with one attached hydrogen (secondary N) is 1. The van der Waals surface area contributed by atoms with E-state index in [1.54, 1.807) is 0 Å². The molecule has 0 spiro atoms. The molecule has 0 radical (unpaired) electrons. The first-order valence-corrected chi connectivity index (χ1v) is 9.49. The lowest BCUT2D eigenvalue weighted by Crippen LogP contribution is -2.53. The normalized spacial score (nSPS) is 18.4. The number of H-pyrrole nitrogens is 1. The lowest BCUT2D eigenvalue weighted by molar-refractivity contribution is 0.154. The largest absolute Gasteiger partial charge is 0.396 e. The fraction of sp³-hybridized carbons (Fsp3) is 0.579. The van der Waals surface area contributed by atoms with E-state index >= 15 is 0 Å². The molecule has 1 aliphatic heterocycles. The van der Waals surface area contributed by atoms with Gasteiger partial charge in [0.15, 0.2) is 0 Å². The number of hydrogen-bond acceptors (Lipinski definition) is 6. The van der Waals surface area contributed by atoms with Crippen molar-refractivity contribution in [2.45, 2.75) is 38.6 Å². The number of aliphatic hydroxyl groups excluding tert-OH is 1. The van der Waals surface area contributed by atoms with Crippen molar-refractivity contribution >= 4 is 11.9 Å². The Hall–Kier alpha value is -2.12. The number of nitrogens with two attached hydrogens (primary N) is 1. The number of aromatic nitrogens is 3. The molecule has 1 aliphatic rings. The molecule has 0 amide bonds. The molecular formula is C19H30N6O. The Morgan fingerprint density at radius 3 is 2.73 bits per heavy atom. The molecule has 3 rings (SSSR count). The summed E-state index contributed by atoms with van der Waals surface area (Å²) in [5.74, 6) is 1.03. The van der Waals surface area contributed by atoms with Gasteiger partial charge in [0.1, 0.15) is 0 Å². The van der Waals surface area contributed by atoms with Gasteiger partial charge in [0.25, 0.3) is 0 Å². The van der Waals surface area contributed by atoms with Gasteiger partial charge >= 0.3 is 0 Å². The van der Waals surface area contributed by atoms with Crippen molar-refractivity contribution in [1.29, 1.82) is 0 Å². The van der Waals surface area contributed by atoms with E-state index < -0.39 is 0 Å². The minimum atomic E-state index is 0.239. The number of anilines is 2. The molecule has 7 heteroatoms. The minimum absolute atomic E-state index is 0.239. The third-order valence-electron chi connectivity index (χ3n) is 5.12. The third-order valence-corrected chi connectivity index (χ3v) is 5.12. The number of aliphatic hydroxyl groups is 1. The fourth-order valence-corrected chi connectivity index (χ4v) is 3.63. The first-order chi connectivity index (χ1) is 12.7. The molecule has 1 fully saturated rings. The maximum atomic E-state index is 9.24. The zero-order valence-electron chi connectivity index (χ0n) is 15.6. The summed E-state index contributed by atoms with van der Waals surface area (Å²) in [6.45, 7) is 6.23. The van der Waals surface area contributed by atoms with Gasteiger partial charge in [-0.15, -0.1) is 5.10 Å². The van der Waals surface area contributed by atoms with E-state index in [-0.39, 0.29) is 12.6 Å². The number of hydrogen-bond donors (Lipinski definition) is 3. The number of nitrogens with zero attached hydrogens (tertiary/aromatic N) is 4. The van der Waals surface area contributed by atoms with Gasteiger partial charge in [0, 0.05) is 32.3 Å². The van der Waals surface area contributed by atoms with Gasteiger partial charge in [0.05, 0.1) is 0 Å². The lowest BCUT2D eigenvalue weighted by atomic mass is 10.0. The molecule has 0 saturated carbocycles. The van der Waals surface area contributed by atoms with Crippen molar-refractivity contribution < 1.29 is 5.11 Å². The van der Waals surface area contributed by atoms with Crippen LogP contribution in [0.15, 0.2) is 24.3 Å². The number of aromatic amines is 1. The first-order valence-electron chi connectivity index (χ1n) is 9.49. The SMILES string of the molecule is Cc1ccc(CCCN2CCN(c3nc(N)n[nH]3)CC2CCCO)cc1. The summed E-state index contributed by atoms with van der Waals surface area (Å²) in [4.78, 5) is 9.02. The van der Waals surface area contributed by atoms with Crippen LogP contribution in [0.25, 0.3) is 0 Å². The highest BCUT2D eigenvalue weighted by atomic mass is 16.2. The smallest absolute Gasteiger partial charge is 0.241 e.